The third-order valence-corrected chi connectivity index (χ3v) is 6.21. The highest BCUT2D eigenvalue weighted by Gasteiger charge is 2.20. The molecule has 0 saturated carbocycles. The smallest absolute Gasteiger partial charge is 0.345 e. The third-order valence-electron chi connectivity index (χ3n) is 5.43. The van der Waals surface area contributed by atoms with Crippen LogP contribution in [0.2, 0.25) is 0 Å². The Bertz CT molecular complexity index is 1420. The van der Waals surface area contributed by atoms with E-state index >= 15 is 0 Å². The minimum atomic E-state index is -0.987. The highest BCUT2D eigenvalue weighted by atomic mass is 79.9. The SMILES string of the molecule is O=C(O)C(Cc1ccccc1)Oc1ccc2cc(-c3oc4ccccc4c3Br)ccc2c1. The van der Waals surface area contributed by atoms with E-state index in [-0.39, 0.29) is 0 Å². The van der Waals surface area contributed by atoms with Crippen molar-refractivity contribution in [2.24, 2.45) is 0 Å². The Hall–Kier alpha value is -3.57. The molecule has 1 atom stereocenters. The second kappa shape index (κ2) is 8.52. The van der Waals surface area contributed by atoms with Crippen LogP contribution >= 0.6 is 15.9 Å². The van der Waals surface area contributed by atoms with Crippen molar-refractivity contribution in [3.8, 4) is 17.1 Å². The molecule has 0 amide bonds. The average Bonchev–Trinajstić information content (AvgIpc) is 3.15. The molecule has 0 aliphatic heterocycles. The van der Waals surface area contributed by atoms with Gasteiger partial charge in [-0.25, -0.2) is 4.79 Å². The van der Waals surface area contributed by atoms with Crippen LogP contribution in [-0.4, -0.2) is 17.2 Å². The van der Waals surface area contributed by atoms with Crippen LogP contribution in [0.25, 0.3) is 33.1 Å². The molecule has 0 aliphatic carbocycles. The summed E-state index contributed by atoms with van der Waals surface area (Å²) in [4.78, 5) is 11.7. The van der Waals surface area contributed by atoms with Gasteiger partial charge in [-0.1, -0.05) is 60.7 Å². The first-order valence-electron chi connectivity index (χ1n) is 10.2. The number of furan rings is 1. The van der Waals surface area contributed by atoms with Gasteiger partial charge in [-0.2, -0.15) is 0 Å². The number of para-hydroxylation sites is 1. The van der Waals surface area contributed by atoms with Crippen LogP contribution < -0.4 is 4.74 Å². The Morgan fingerprint density at radius 1 is 0.906 bits per heavy atom. The van der Waals surface area contributed by atoms with Gasteiger partial charge in [0, 0.05) is 17.4 Å². The molecule has 32 heavy (non-hydrogen) atoms. The highest BCUT2D eigenvalue weighted by Crippen LogP contribution is 2.38. The molecular formula is C27H19BrO4. The molecule has 5 heteroatoms. The van der Waals surface area contributed by atoms with Crippen molar-refractivity contribution in [3.63, 3.8) is 0 Å². The fraction of sp³-hybridized carbons (Fsp3) is 0.0741. The standard InChI is InChI=1S/C27H19BrO4/c28-25-22-8-4-5-9-23(22)32-26(25)20-11-10-19-16-21(13-12-18(19)15-20)31-24(27(29)30)14-17-6-2-1-3-7-17/h1-13,15-16,24H,14H2,(H,29,30). The average molecular weight is 487 g/mol. The van der Waals surface area contributed by atoms with E-state index in [1.165, 1.54) is 0 Å². The fourth-order valence-electron chi connectivity index (χ4n) is 3.81. The Labute approximate surface area is 193 Å². The number of ether oxygens (including phenoxy) is 1. The molecule has 1 N–H and O–H groups in total. The van der Waals surface area contributed by atoms with Crippen molar-refractivity contribution in [2.75, 3.05) is 0 Å². The lowest BCUT2D eigenvalue weighted by molar-refractivity contribution is -0.145. The summed E-state index contributed by atoms with van der Waals surface area (Å²) in [6.07, 6.45) is -0.659. The number of hydrogen-bond donors (Lipinski definition) is 1. The number of carbonyl (C=O) groups is 1. The van der Waals surface area contributed by atoms with Crippen molar-refractivity contribution >= 4 is 43.6 Å². The summed E-state index contributed by atoms with van der Waals surface area (Å²) in [6, 6.07) is 29.0. The quantitative estimate of drug-likeness (QED) is 0.278. The van der Waals surface area contributed by atoms with E-state index in [1.54, 1.807) is 6.07 Å². The Balaban J connectivity index is 1.43. The minimum Gasteiger partial charge on any atom is -0.478 e. The predicted octanol–water partition coefficient (Wildman–Crippen LogP) is 7.09. The van der Waals surface area contributed by atoms with Crippen LogP contribution in [0.5, 0.6) is 5.75 Å². The number of fused-ring (bicyclic) bond motifs is 2. The zero-order valence-electron chi connectivity index (χ0n) is 17.0. The maximum atomic E-state index is 11.7. The number of benzene rings is 4. The van der Waals surface area contributed by atoms with Gasteiger partial charge in [-0.3, -0.25) is 0 Å². The molecule has 5 aromatic rings. The van der Waals surface area contributed by atoms with Crippen LogP contribution in [0.1, 0.15) is 5.56 Å². The zero-order chi connectivity index (χ0) is 22.1. The molecule has 1 unspecified atom stereocenters. The molecule has 1 aromatic heterocycles. The molecule has 4 nitrogen and oxygen atoms in total. The van der Waals surface area contributed by atoms with Crippen molar-refractivity contribution < 1.29 is 19.1 Å². The number of aliphatic carboxylic acids is 1. The van der Waals surface area contributed by atoms with Crippen LogP contribution in [0.15, 0.2) is 99.9 Å². The van der Waals surface area contributed by atoms with Crippen molar-refractivity contribution in [2.45, 2.75) is 12.5 Å². The van der Waals surface area contributed by atoms with Gasteiger partial charge in [0.1, 0.15) is 17.1 Å². The Kier molecular flexibility index (Phi) is 5.41. The van der Waals surface area contributed by atoms with Gasteiger partial charge in [-0.05, 0) is 62.6 Å². The lowest BCUT2D eigenvalue weighted by Gasteiger charge is -2.16. The van der Waals surface area contributed by atoms with Crippen molar-refractivity contribution in [1.29, 1.82) is 0 Å². The lowest BCUT2D eigenvalue weighted by Crippen LogP contribution is -2.29. The molecule has 0 saturated heterocycles. The summed E-state index contributed by atoms with van der Waals surface area (Å²) in [5.41, 5.74) is 2.71. The summed E-state index contributed by atoms with van der Waals surface area (Å²) < 4.78 is 12.8. The predicted molar refractivity (Wildman–Crippen MR) is 129 cm³/mol. The number of hydrogen-bond acceptors (Lipinski definition) is 3. The molecule has 0 spiro atoms. The second-order valence-electron chi connectivity index (χ2n) is 7.60. The summed E-state index contributed by atoms with van der Waals surface area (Å²) >= 11 is 3.66. The first-order valence-corrected chi connectivity index (χ1v) is 11.0. The van der Waals surface area contributed by atoms with Gasteiger partial charge in [0.2, 0.25) is 0 Å². The topological polar surface area (TPSA) is 59.7 Å². The molecule has 158 valence electrons. The number of halogens is 1. The zero-order valence-corrected chi connectivity index (χ0v) is 18.6. The largest absolute Gasteiger partial charge is 0.478 e. The van der Waals surface area contributed by atoms with E-state index in [0.717, 1.165) is 43.1 Å². The van der Waals surface area contributed by atoms with Crippen LogP contribution in [0.4, 0.5) is 0 Å². The van der Waals surface area contributed by atoms with E-state index in [2.05, 4.69) is 22.0 Å². The van der Waals surface area contributed by atoms with E-state index in [4.69, 9.17) is 9.15 Å². The normalized spacial score (nSPS) is 12.2. The van der Waals surface area contributed by atoms with E-state index in [0.29, 0.717) is 12.2 Å². The van der Waals surface area contributed by atoms with Gasteiger partial charge >= 0.3 is 5.97 Å². The molecule has 0 radical (unpaired) electrons. The first kappa shape index (κ1) is 20.3. The summed E-state index contributed by atoms with van der Waals surface area (Å²) in [6.45, 7) is 0. The lowest BCUT2D eigenvalue weighted by atomic mass is 10.0. The van der Waals surface area contributed by atoms with Crippen LogP contribution in [0, 0.1) is 0 Å². The molecule has 5 rings (SSSR count). The maximum absolute atomic E-state index is 11.7. The molecule has 4 aromatic carbocycles. The first-order chi connectivity index (χ1) is 15.6. The number of rotatable bonds is 6. The number of carboxylic acid groups (broad SMARTS) is 1. The minimum absolute atomic E-state index is 0.299. The van der Waals surface area contributed by atoms with E-state index in [1.807, 2.05) is 78.9 Å². The van der Waals surface area contributed by atoms with Gasteiger partial charge in [0.05, 0.1) is 4.47 Å². The second-order valence-corrected chi connectivity index (χ2v) is 8.39. The molecule has 0 bridgehead atoms. The summed E-state index contributed by atoms with van der Waals surface area (Å²) in [5, 5.41) is 12.6. The maximum Gasteiger partial charge on any atom is 0.345 e. The molecule has 0 fully saturated rings. The van der Waals surface area contributed by atoms with Crippen LogP contribution in [-0.2, 0) is 11.2 Å². The monoisotopic (exact) mass is 486 g/mol. The summed E-state index contributed by atoms with van der Waals surface area (Å²) in [7, 11) is 0. The third kappa shape index (κ3) is 3.99. The Morgan fingerprint density at radius 3 is 2.41 bits per heavy atom. The summed E-state index contributed by atoms with van der Waals surface area (Å²) in [5.74, 6) is 0.319. The van der Waals surface area contributed by atoms with Crippen LogP contribution in [0.3, 0.4) is 0 Å². The van der Waals surface area contributed by atoms with Gasteiger partial charge in [-0.15, -0.1) is 0 Å². The highest BCUT2D eigenvalue weighted by molar-refractivity contribution is 9.10. The van der Waals surface area contributed by atoms with Gasteiger partial charge in [0.25, 0.3) is 0 Å². The van der Waals surface area contributed by atoms with Crippen molar-refractivity contribution in [1.82, 2.24) is 0 Å². The number of carboxylic acids is 1. The molecule has 0 aliphatic rings. The van der Waals surface area contributed by atoms with E-state index < -0.39 is 12.1 Å². The van der Waals surface area contributed by atoms with Gasteiger partial charge < -0.3 is 14.3 Å². The fourth-order valence-corrected chi connectivity index (χ4v) is 4.45. The molecule has 1 heterocycles. The Morgan fingerprint density at radius 2 is 1.62 bits per heavy atom. The van der Waals surface area contributed by atoms with E-state index in [9.17, 15) is 9.90 Å². The van der Waals surface area contributed by atoms with Crippen molar-refractivity contribution in [3.05, 3.63) is 101 Å². The van der Waals surface area contributed by atoms with Gasteiger partial charge in [0.15, 0.2) is 6.10 Å². The molecular weight excluding hydrogens is 468 g/mol.